The number of nitrogens with one attached hydrogen (secondary N) is 1. The van der Waals surface area contributed by atoms with Crippen molar-refractivity contribution in [2.24, 2.45) is 0 Å². The topological polar surface area (TPSA) is 102 Å². The van der Waals surface area contributed by atoms with Crippen molar-refractivity contribution >= 4 is 17.7 Å². The summed E-state index contributed by atoms with van der Waals surface area (Å²) >= 11 is 0. The molecular weight excluding hydrogens is 396 g/mol. The molecule has 0 radical (unpaired) electrons. The van der Waals surface area contributed by atoms with E-state index in [9.17, 15) is 9.59 Å². The highest BCUT2D eigenvalue weighted by molar-refractivity contribution is 5.94. The van der Waals surface area contributed by atoms with Crippen molar-refractivity contribution in [1.82, 2.24) is 25.3 Å². The van der Waals surface area contributed by atoms with Gasteiger partial charge in [-0.1, -0.05) is 18.2 Å². The molecule has 31 heavy (non-hydrogen) atoms. The number of carbonyl (C=O) groups is 2. The fourth-order valence-electron chi connectivity index (χ4n) is 4.14. The van der Waals surface area contributed by atoms with Crippen LogP contribution >= 0.6 is 0 Å². The molecule has 2 amide bonds. The van der Waals surface area contributed by atoms with Gasteiger partial charge in [-0.25, -0.2) is 14.5 Å². The van der Waals surface area contributed by atoms with Crippen LogP contribution in [0.4, 0.5) is 10.5 Å². The van der Waals surface area contributed by atoms with Crippen LogP contribution in [0.15, 0.2) is 42.7 Å². The summed E-state index contributed by atoms with van der Waals surface area (Å²) in [5.41, 5.74) is 4.87. The van der Waals surface area contributed by atoms with Gasteiger partial charge in [0.2, 0.25) is 5.91 Å². The Morgan fingerprint density at radius 1 is 1.26 bits per heavy atom. The largest absolute Gasteiger partial charge is 0.442 e. The van der Waals surface area contributed by atoms with Crippen molar-refractivity contribution in [2.75, 3.05) is 11.4 Å². The van der Waals surface area contributed by atoms with E-state index in [1.807, 2.05) is 43.6 Å². The minimum atomic E-state index is -0.364. The van der Waals surface area contributed by atoms with Crippen LogP contribution in [0.2, 0.25) is 0 Å². The lowest BCUT2D eigenvalue weighted by molar-refractivity contribution is -0.119. The molecule has 9 heteroatoms. The molecule has 9 nitrogen and oxygen atoms in total. The highest BCUT2D eigenvalue weighted by atomic mass is 16.6. The molecule has 4 heterocycles. The molecule has 2 aliphatic heterocycles. The molecule has 5 rings (SSSR count). The molecule has 158 valence electrons. The number of rotatable bonds is 5. The van der Waals surface area contributed by atoms with E-state index in [0.717, 1.165) is 34.5 Å². The first-order valence-electron chi connectivity index (χ1n) is 10.3. The number of ether oxygens (including phenoxy) is 1. The number of benzene rings is 1. The summed E-state index contributed by atoms with van der Waals surface area (Å²) < 4.78 is 7.13. The molecule has 1 aromatic carbocycles. The Morgan fingerprint density at radius 2 is 2.10 bits per heavy atom. The van der Waals surface area contributed by atoms with Crippen molar-refractivity contribution in [3.05, 3.63) is 54.0 Å². The van der Waals surface area contributed by atoms with E-state index in [-0.39, 0.29) is 24.1 Å². The van der Waals surface area contributed by atoms with Gasteiger partial charge in [-0.15, -0.1) is 5.10 Å². The normalized spacial score (nSPS) is 19.2. The van der Waals surface area contributed by atoms with Crippen molar-refractivity contribution < 1.29 is 14.3 Å². The van der Waals surface area contributed by atoms with E-state index in [0.29, 0.717) is 18.8 Å². The first kappa shape index (κ1) is 19.2. The summed E-state index contributed by atoms with van der Waals surface area (Å²) in [6.45, 7) is 3.80. The number of cyclic esters (lactones) is 1. The van der Waals surface area contributed by atoms with Crippen molar-refractivity contribution in [3.8, 4) is 16.9 Å². The number of aryl methyl sites for hydroxylation is 1. The number of hydrogen-bond acceptors (Lipinski definition) is 6. The van der Waals surface area contributed by atoms with Crippen LogP contribution in [0.5, 0.6) is 0 Å². The Kier molecular flexibility index (Phi) is 4.65. The fourth-order valence-corrected chi connectivity index (χ4v) is 4.14. The molecule has 2 aliphatic rings. The third-order valence-corrected chi connectivity index (χ3v) is 5.75. The molecule has 0 spiro atoms. The molecule has 0 bridgehead atoms. The monoisotopic (exact) mass is 418 g/mol. The Bertz CT molecular complexity index is 1160. The van der Waals surface area contributed by atoms with Gasteiger partial charge in [0.25, 0.3) is 0 Å². The van der Waals surface area contributed by atoms with Crippen molar-refractivity contribution in [1.29, 1.82) is 0 Å². The van der Waals surface area contributed by atoms with Gasteiger partial charge in [0.15, 0.2) is 5.82 Å². The molecule has 2 aromatic heterocycles. The van der Waals surface area contributed by atoms with Gasteiger partial charge >= 0.3 is 6.09 Å². The average molecular weight is 418 g/mol. The Labute approximate surface area is 179 Å². The zero-order valence-electron chi connectivity index (χ0n) is 17.3. The van der Waals surface area contributed by atoms with Gasteiger partial charge in [-0.05, 0) is 48.2 Å². The molecule has 1 N–H and O–H groups in total. The molecule has 0 aliphatic carbocycles. The number of fused-ring (bicyclic) bond motifs is 3. The molecule has 2 atom stereocenters. The lowest BCUT2D eigenvalue weighted by Crippen LogP contribution is -2.40. The van der Waals surface area contributed by atoms with E-state index in [2.05, 4.69) is 26.7 Å². The SMILES string of the molecule is CCc1cn(-c2ccc(-c3ccc4c(c3)C[C@H]3[C@H](CNC(C)=O)OC(=O)N43)cn2)nn1. The quantitative estimate of drug-likeness (QED) is 0.682. The molecular formula is C22H22N6O3. The highest BCUT2D eigenvalue weighted by Gasteiger charge is 2.47. The second-order valence-corrected chi connectivity index (χ2v) is 7.76. The standard InChI is InChI=1S/C22H22N6O3/c1-3-17-12-27(26-25-17)21-7-5-15(10-24-21)14-4-6-18-16(8-14)9-19-20(11-23-13(2)29)31-22(30)28(18)19/h4-8,10,12,19-20H,3,9,11H2,1-2H3,(H,23,29)/t19-,20-/m0/s1. The van der Waals surface area contributed by atoms with E-state index >= 15 is 0 Å². The van der Waals surface area contributed by atoms with Crippen LogP contribution in [0.1, 0.15) is 25.1 Å². The van der Waals surface area contributed by atoms with E-state index in [4.69, 9.17) is 4.74 Å². The maximum Gasteiger partial charge on any atom is 0.415 e. The summed E-state index contributed by atoms with van der Waals surface area (Å²) in [7, 11) is 0. The fraction of sp³-hybridized carbons (Fsp3) is 0.318. The molecule has 1 fully saturated rings. The first-order valence-corrected chi connectivity index (χ1v) is 10.3. The second kappa shape index (κ2) is 7.50. The lowest BCUT2D eigenvalue weighted by Gasteiger charge is -2.16. The lowest BCUT2D eigenvalue weighted by atomic mass is 10.0. The van der Waals surface area contributed by atoms with E-state index in [1.54, 1.807) is 9.58 Å². The third kappa shape index (κ3) is 3.41. The summed E-state index contributed by atoms with van der Waals surface area (Å²) in [6.07, 6.45) is 4.48. The molecule has 1 saturated heterocycles. The van der Waals surface area contributed by atoms with Crippen LogP contribution in [0.3, 0.4) is 0 Å². The Balaban J connectivity index is 1.37. The predicted molar refractivity (Wildman–Crippen MR) is 113 cm³/mol. The number of carbonyl (C=O) groups excluding carboxylic acids is 2. The highest BCUT2D eigenvalue weighted by Crippen LogP contribution is 2.40. The minimum Gasteiger partial charge on any atom is -0.442 e. The smallest absolute Gasteiger partial charge is 0.415 e. The summed E-state index contributed by atoms with van der Waals surface area (Å²) in [6, 6.07) is 9.84. The minimum absolute atomic E-state index is 0.106. The Morgan fingerprint density at radius 3 is 2.81 bits per heavy atom. The van der Waals surface area contributed by atoms with Gasteiger partial charge in [-0.3, -0.25) is 9.69 Å². The van der Waals surface area contributed by atoms with Gasteiger partial charge in [0.1, 0.15) is 6.10 Å². The maximum atomic E-state index is 12.4. The number of anilines is 1. The number of amides is 2. The molecule has 0 unspecified atom stereocenters. The maximum absolute atomic E-state index is 12.4. The van der Waals surface area contributed by atoms with Crippen LogP contribution in [-0.4, -0.2) is 50.7 Å². The molecule has 3 aromatic rings. The summed E-state index contributed by atoms with van der Waals surface area (Å²) in [5, 5.41) is 11.0. The van der Waals surface area contributed by atoms with Crippen molar-refractivity contribution in [2.45, 2.75) is 38.8 Å². The summed E-state index contributed by atoms with van der Waals surface area (Å²) in [5.74, 6) is 0.571. The first-order chi connectivity index (χ1) is 15.0. The zero-order chi connectivity index (χ0) is 21.5. The second-order valence-electron chi connectivity index (χ2n) is 7.76. The van der Waals surface area contributed by atoms with Gasteiger partial charge in [0.05, 0.1) is 30.2 Å². The third-order valence-electron chi connectivity index (χ3n) is 5.75. The number of nitrogens with zero attached hydrogens (tertiary/aromatic N) is 5. The molecule has 0 saturated carbocycles. The van der Waals surface area contributed by atoms with E-state index < -0.39 is 0 Å². The number of hydrogen-bond donors (Lipinski definition) is 1. The van der Waals surface area contributed by atoms with Crippen molar-refractivity contribution in [3.63, 3.8) is 0 Å². The van der Waals surface area contributed by atoms with Gasteiger partial charge in [0, 0.05) is 18.7 Å². The number of pyridine rings is 1. The van der Waals surface area contributed by atoms with Gasteiger partial charge in [-0.2, -0.15) is 0 Å². The van der Waals surface area contributed by atoms with Crippen LogP contribution in [0.25, 0.3) is 16.9 Å². The number of aromatic nitrogens is 4. The van der Waals surface area contributed by atoms with Crippen LogP contribution < -0.4 is 10.2 Å². The average Bonchev–Trinajstić information content (AvgIpc) is 3.47. The Hall–Kier alpha value is -3.75. The summed E-state index contributed by atoms with van der Waals surface area (Å²) in [4.78, 5) is 29.9. The van der Waals surface area contributed by atoms with Crippen LogP contribution in [0, 0.1) is 0 Å². The van der Waals surface area contributed by atoms with E-state index in [1.165, 1.54) is 6.92 Å². The van der Waals surface area contributed by atoms with Gasteiger partial charge < -0.3 is 10.1 Å². The zero-order valence-corrected chi connectivity index (χ0v) is 17.3. The predicted octanol–water partition coefficient (Wildman–Crippen LogP) is 2.28. The van der Waals surface area contributed by atoms with Crippen LogP contribution in [-0.2, 0) is 22.4 Å².